The van der Waals surface area contributed by atoms with Crippen molar-refractivity contribution in [1.82, 2.24) is 10.6 Å². The van der Waals surface area contributed by atoms with Gasteiger partial charge in [-0.1, -0.05) is 65.3 Å². The van der Waals surface area contributed by atoms with Crippen molar-refractivity contribution in [2.24, 2.45) is 5.16 Å². The number of nitrogens with zero attached hydrogens (tertiary/aromatic N) is 1. The van der Waals surface area contributed by atoms with Crippen LogP contribution in [0.4, 0.5) is 0 Å². The van der Waals surface area contributed by atoms with Crippen molar-refractivity contribution in [1.29, 1.82) is 0 Å². The van der Waals surface area contributed by atoms with E-state index in [0.29, 0.717) is 19.4 Å². The first kappa shape index (κ1) is 22.5. The fourth-order valence-corrected chi connectivity index (χ4v) is 3.32. The van der Waals surface area contributed by atoms with Gasteiger partial charge in [-0.3, -0.25) is 9.59 Å². The fraction of sp³-hybridized carbons (Fsp3) is 0.375. The highest BCUT2D eigenvalue weighted by Gasteiger charge is 2.32. The van der Waals surface area contributed by atoms with E-state index in [9.17, 15) is 9.59 Å². The molecule has 3 N–H and O–H groups in total. The summed E-state index contributed by atoms with van der Waals surface area (Å²) >= 11 is 0. The number of amides is 2. The second-order valence-corrected chi connectivity index (χ2v) is 8.20. The third-order valence-corrected chi connectivity index (χ3v) is 5.19. The number of likely N-dealkylation sites (N-methyl/N-ethyl adjacent to an activating group) is 1. The van der Waals surface area contributed by atoms with Crippen molar-refractivity contribution >= 4 is 17.5 Å². The van der Waals surface area contributed by atoms with Crippen LogP contribution in [0.15, 0.2) is 59.8 Å². The minimum atomic E-state index is -0.742. The van der Waals surface area contributed by atoms with Crippen molar-refractivity contribution in [2.75, 3.05) is 27.2 Å². The van der Waals surface area contributed by atoms with Crippen LogP contribution in [0.2, 0.25) is 0 Å². The minimum absolute atomic E-state index is 0.198. The second kappa shape index (κ2) is 10.7. The lowest BCUT2D eigenvalue weighted by atomic mass is 10.0. The fourth-order valence-electron chi connectivity index (χ4n) is 3.32. The summed E-state index contributed by atoms with van der Waals surface area (Å²) in [7, 11) is 4.05. The van der Waals surface area contributed by atoms with Gasteiger partial charge in [-0.2, -0.15) is 0 Å². The SMILES string of the molecule is Cc1ccc(C2=NO[C@@H](C(=O)N[C@@H](Cc3ccccc3)C(=O)NCC[NH+](C)C)C2)cc1. The van der Waals surface area contributed by atoms with E-state index in [0.717, 1.165) is 28.9 Å². The third kappa shape index (κ3) is 6.65. The van der Waals surface area contributed by atoms with Gasteiger partial charge in [0.2, 0.25) is 12.0 Å². The number of hydrogen-bond acceptors (Lipinski definition) is 4. The Morgan fingerprint density at radius 1 is 1.13 bits per heavy atom. The molecule has 0 bridgehead atoms. The van der Waals surface area contributed by atoms with E-state index in [4.69, 9.17) is 4.84 Å². The molecule has 2 aromatic carbocycles. The molecule has 0 spiro atoms. The van der Waals surface area contributed by atoms with E-state index in [1.807, 2.05) is 75.6 Å². The first-order valence-electron chi connectivity index (χ1n) is 10.6. The van der Waals surface area contributed by atoms with Crippen LogP contribution in [0.5, 0.6) is 0 Å². The molecule has 0 radical (unpaired) electrons. The van der Waals surface area contributed by atoms with Gasteiger partial charge in [0.1, 0.15) is 6.04 Å². The molecular formula is C24H31N4O3+. The molecule has 2 amide bonds. The molecule has 0 saturated carbocycles. The molecule has 0 saturated heterocycles. The number of aryl methyl sites for hydroxylation is 1. The summed E-state index contributed by atoms with van der Waals surface area (Å²) < 4.78 is 0. The Bertz CT molecular complexity index is 910. The predicted octanol–water partition coefficient (Wildman–Crippen LogP) is 0.476. The van der Waals surface area contributed by atoms with Crippen molar-refractivity contribution in [3.63, 3.8) is 0 Å². The number of benzene rings is 2. The summed E-state index contributed by atoms with van der Waals surface area (Å²) in [6, 6.07) is 16.9. The monoisotopic (exact) mass is 423 g/mol. The van der Waals surface area contributed by atoms with Crippen molar-refractivity contribution in [3.8, 4) is 0 Å². The quantitative estimate of drug-likeness (QED) is 0.549. The Morgan fingerprint density at radius 3 is 2.52 bits per heavy atom. The van der Waals surface area contributed by atoms with Crippen LogP contribution >= 0.6 is 0 Å². The summed E-state index contributed by atoms with van der Waals surface area (Å²) in [6.07, 6.45) is 0.0399. The standard InChI is InChI=1S/C24H30N4O3/c1-17-9-11-19(12-10-17)20-16-22(31-27-20)24(30)26-21(15-18-7-5-4-6-8-18)23(29)25-13-14-28(2)3/h4-12,21-22H,13-16H2,1-3H3,(H,25,29)(H,26,30)/p+1/t21-,22+/m0/s1. The molecule has 1 aliphatic rings. The van der Waals surface area contributed by atoms with Gasteiger partial charge in [-0.05, 0) is 18.1 Å². The van der Waals surface area contributed by atoms with Crippen LogP contribution in [0.25, 0.3) is 0 Å². The topological polar surface area (TPSA) is 84.2 Å². The summed E-state index contributed by atoms with van der Waals surface area (Å²) in [5, 5.41) is 9.89. The molecule has 0 unspecified atom stereocenters. The van der Waals surface area contributed by atoms with Crippen LogP contribution < -0.4 is 15.5 Å². The van der Waals surface area contributed by atoms with E-state index in [1.54, 1.807) is 0 Å². The molecule has 0 fully saturated rings. The molecule has 7 heteroatoms. The van der Waals surface area contributed by atoms with Crippen molar-refractivity contribution in [3.05, 3.63) is 71.3 Å². The van der Waals surface area contributed by atoms with Gasteiger partial charge in [0.15, 0.2) is 0 Å². The summed E-state index contributed by atoms with van der Waals surface area (Å²) in [5.41, 5.74) is 3.80. The van der Waals surface area contributed by atoms with Crippen LogP contribution in [-0.2, 0) is 20.8 Å². The van der Waals surface area contributed by atoms with Gasteiger partial charge in [0.05, 0.1) is 32.9 Å². The third-order valence-electron chi connectivity index (χ3n) is 5.19. The van der Waals surface area contributed by atoms with Crippen LogP contribution in [0, 0.1) is 6.92 Å². The Labute approximate surface area is 183 Å². The van der Waals surface area contributed by atoms with Gasteiger partial charge >= 0.3 is 0 Å². The summed E-state index contributed by atoms with van der Waals surface area (Å²) in [5.74, 6) is -0.531. The number of hydrogen-bond donors (Lipinski definition) is 3. The summed E-state index contributed by atoms with van der Waals surface area (Å²) in [6.45, 7) is 3.37. The molecule has 0 aromatic heterocycles. The molecule has 2 atom stereocenters. The number of quaternary nitrogens is 1. The molecule has 31 heavy (non-hydrogen) atoms. The number of nitrogens with one attached hydrogen (secondary N) is 3. The second-order valence-electron chi connectivity index (χ2n) is 8.20. The number of rotatable bonds is 9. The Morgan fingerprint density at radius 2 is 1.84 bits per heavy atom. The zero-order valence-electron chi connectivity index (χ0n) is 18.4. The van der Waals surface area contributed by atoms with Crippen LogP contribution in [-0.4, -0.2) is 56.9 Å². The van der Waals surface area contributed by atoms with Gasteiger partial charge in [-0.25, -0.2) is 0 Å². The molecule has 1 aliphatic heterocycles. The van der Waals surface area contributed by atoms with Gasteiger partial charge < -0.3 is 20.4 Å². The van der Waals surface area contributed by atoms with Crippen molar-refractivity contribution in [2.45, 2.75) is 31.9 Å². The lowest BCUT2D eigenvalue weighted by molar-refractivity contribution is -0.856. The van der Waals surface area contributed by atoms with Gasteiger partial charge in [0.25, 0.3) is 5.91 Å². The number of oxime groups is 1. The molecular weight excluding hydrogens is 392 g/mol. The maximum Gasteiger partial charge on any atom is 0.265 e. The molecule has 7 nitrogen and oxygen atoms in total. The maximum absolute atomic E-state index is 12.9. The Balaban J connectivity index is 1.62. The molecule has 3 rings (SSSR count). The highest BCUT2D eigenvalue weighted by Crippen LogP contribution is 2.18. The zero-order valence-corrected chi connectivity index (χ0v) is 18.4. The molecule has 2 aromatic rings. The Hall–Kier alpha value is -3.19. The van der Waals surface area contributed by atoms with Crippen molar-refractivity contribution < 1.29 is 19.3 Å². The van der Waals surface area contributed by atoms with Crippen LogP contribution in [0.1, 0.15) is 23.1 Å². The predicted molar refractivity (Wildman–Crippen MR) is 120 cm³/mol. The molecule has 1 heterocycles. The maximum atomic E-state index is 12.9. The average molecular weight is 424 g/mol. The summed E-state index contributed by atoms with van der Waals surface area (Å²) in [4.78, 5) is 32.3. The molecule has 164 valence electrons. The normalized spacial score (nSPS) is 16.4. The van der Waals surface area contributed by atoms with Crippen LogP contribution in [0.3, 0.4) is 0 Å². The largest absolute Gasteiger partial charge is 0.382 e. The highest BCUT2D eigenvalue weighted by atomic mass is 16.6. The number of carbonyl (C=O) groups excluding carboxylic acids is 2. The van der Waals surface area contributed by atoms with Gasteiger partial charge in [0, 0.05) is 12.8 Å². The first-order chi connectivity index (χ1) is 14.9. The van der Waals surface area contributed by atoms with Gasteiger partial charge in [-0.15, -0.1) is 0 Å². The smallest absolute Gasteiger partial charge is 0.265 e. The lowest BCUT2D eigenvalue weighted by Crippen LogP contribution is -3.06. The number of carbonyl (C=O) groups is 2. The minimum Gasteiger partial charge on any atom is -0.382 e. The zero-order chi connectivity index (χ0) is 22.2. The van der Waals surface area contributed by atoms with E-state index in [2.05, 4.69) is 15.8 Å². The highest BCUT2D eigenvalue weighted by molar-refractivity contribution is 6.04. The molecule has 0 aliphatic carbocycles. The van der Waals surface area contributed by atoms with E-state index in [1.165, 1.54) is 4.90 Å². The lowest BCUT2D eigenvalue weighted by Gasteiger charge is -2.20. The first-order valence-corrected chi connectivity index (χ1v) is 10.6. The average Bonchev–Trinajstić information content (AvgIpc) is 3.24. The van der Waals surface area contributed by atoms with E-state index < -0.39 is 12.1 Å². The van der Waals surface area contributed by atoms with E-state index >= 15 is 0 Å². The Kier molecular flexibility index (Phi) is 7.78. The van der Waals surface area contributed by atoms with E-state index in [-0.39, 0.29) is 11.8 Å².